The van der Waals surface area contributed by atoms with Crippen molar-refractivity contribution < 1.29 is 19.4 Å². The average Bonchev–Trinajstić information content (AvgIpc) is 3.25. The Bertz CT molecular complexity index is 1030. The molecular weight excluding hydrogens is 378 g/mol. The van der Waals surface area contributed by atoms with Crippen molar-refractivity contribution in [1.82, 2.24) is 4.98 Å². The monoisotopic (exact) mass is 405 g/mol. The van der Waals surface area contributed by atoms with Crippen molar-refractivity contribution >= 4 is 11.5 Å². The Morgan fingerprint density at radius 2 is 2.03 bits per heavy atom. The van der Waals surface area contributed by atoms with E-state index in [9.17, 15) is 4.79 Å². The number of hydrogen-bond donors (Lipinski definition) is 1. The molecule has 0 fully saturated rings. The number of pyridine rings is 1. The second-order valence-corrected chi connectivity index (χ2v) is 8.22. The lowest BCUT2D eigenvalue weighted by Crippen LogP contribution is -2.15. The van der Waals surface area contributed by atoms with Crippen LogP contribution in [0.4, 0.5) is 0 Å². The first-order valence-corrected chi connectivity index (χ1v) is 10.3. The van der Waals surface area contributed by atoms with Gasteiger partial charge in [0.2, 0.25) is 5.88 Å². The van der Waals surface area contributed by atoms with Gasteiger partial charge in [-0.15, -0.1) is 0 Å². The van der Waals surface area contributed by atoms with Crippen LogP contribution in [0.25, 0.3) is 5.57 Å². The largest absolute Gasteiger partial charge is 0.492 e. The van der Waals surface area contributed by atoms with Gasteiger partial charge in [-0.25, -0.2) is 4.98 Å². The maximum Gasteiger partial charge on any atom is 0.304 e. The van der Waals surface area contributed by atoms with Crippen LogP contribution in [0.2, 0.25) is 0 Å². The molecule has 2 aliphatic rings. The van der Waals surface area contributed by atoms with E-state index in [-0.39, 0.29) is 18.4 Å². The van der Waals surface area contributed by atoms with Crippen LogP contribution >= 0.6 is 0 Å². The number of carbonyl (C=O) groups is 1. The van der Waals surface area contributed by atoms with Gasteiger partial charge in [-0.05, 0) is 67.0 Å². The van der Waals surface area contributed by atoms with Crippen LogP contribution in [-0.2, 0) is 4.79 Å². The van der Waals surface area contributed by atoms with E-state index >= 15 is 0 Å². The second kappa shape index (κ2) is 7.98. The van der Waals surface area contributed by atoms with E-state index in [4.69, 9.17) is 14.6 Å². The van der Waals surface area contributed by atoms with Crippen LogP contribution in [0.3, 0.4) is 0 Å². The van der Waals surface area contributed by atoms with Crippen molar-refractivity contribution in [1.29, 1.82) is 0 Å². The fourth-order valence-corrected chi connectivity index (χ4v) is 4.59. The number of aromatic nitrogens is 1. The molecule has 2 heterocycles. The summed E-state index contributed by atoms with van der Waals surface area (Å²) >= 11 is 0. The van der Waals surface area contributed by atoms with Gasteiger partial charge in [-0.1, -0.05) is 24.8 Å². The Labute approximate surface area is 177 Å². The summed E-state index contributed by atoms with van der Waals surface area (Å²) in [6.07, 6.45) is 3.49. The minimum atomic E-state index is -0.833. The highest BCUT2D eigenvalue weighted by molar-refractivity contribution is 5.82. The van der Waals surface area contributed by atoms with Crippen molar-refractivity contribution in [3.8, 4) is 11.6 Å². The van der Waals surface area contributed by atoms with Gasteiger partial charge in [-0.3, -0.25) is 4.79 Å². The van der Waals surface area contributed by atoms with E-state index in [1.807, 2.05) is 0 Å². The molecule has 156 valence electrons. The van der Waals surface area contributed by atoms with E-state index in [2.05, 4.69) is 50.5 Å². The molecule has 0 spiro atoms. The number of rotatable bonds is 6. The molecule has 4 rings (SSSR count). The first kappa shape index (κ1) is 20.2. The van der Waals surface area contributed by atoms with E-state index in [0.29, 0.717) is 18.2 Å². The van der Waals surface area contributed by atoms with Crippen LogP contribution in [0, 0.1) is 13.8 Å². The summed E-state index contributed by atoms with van der Waals surface area (Å²) in [5.74, 6) is 0.193. The minimum Gasteiger partial charge on any atom is -0.492 e. The standard InChI is InChI=1S/C25H27NO4/c1-14-6-5-7-15(2)25(14)17(4)19-8-9-21(16(19)3)30-23-11-22-20(12-26-23)18(13-29-22)10-24(27)28/h5-7,11-12,18,21H,4,8-10,13H2,1-3H3,(H,27,28). The van der Waals surface area contributed by atoms with E-state index in [0.717, 1.165) is 24.0 Å². The molecule has 1 aromatic carbocycles. The first-order chi connectivity index (χ1) is 14.3. The van der Waals surface area contributed by atoms with Crippen LogP contribution in [0.1, 0.15) is 54.4 Å². The summed E-state index contributed by atoms with van der Waals surface area (Å²) < 4.78 is 11.9. The quantitative estimate of drug-likeness (QED) is 0.714. The molecule has 1 aliphatic heterocycles. The normalized spacial score (nSPS) is 20.1. The topological polar surface area (TPSA) is 68.7 Å². The maximum atomic E-state index is 11.0. The van der Waals surface area contributed by atoms with Gasteiger partial charge in [0.25, 0.3) is 0 Å². The molecule has 0 radical (unpaired) electrons. The van der Waals surface area contributed by atoms with Gasteiger partial charge in [0, 0.05) is 23.7 Å². The van der Waals surface area contributed by atoms with Gasteiger partial charge < -0.3 is 14.6 Å². The molecule has 1 aliphatic carbocycles. The van der Waals surface area contributed by atoms with Crippen molar-refractivity contribution in [2.24, 2.45) is 0 Å². The molecule has 0 bridgehead atoms. The van der Waals surface area contributed by atoms with Crippen molar-refractivity contribution in [2.45, 2.75) is 52.1 Å². The van der Waals surface area contributed by atoms with E-state index < -0.39 is 5.97 Å². The smallest absolute Gasteiger partial charge is 0.304 e. The third kappa shape index (κ3) is 3.72. The number of carboxylic acid groups (broad SMARTS) is 1. The third-order valence-corrected chi connectivity index (χ3v) is 6.20. The maximum absolute atomic E-state index is 11.0. The number of nitrogens with zero attached hydrogens (tertiary/aromatic N) is 1. The molecule has 2 aromatic rings. The predicted octanol–water partition coefficient (Wildman–Crippen LogP) is 5.22. The zero-order valence-electron chi connectivity index (χ0n) is 17.7. The molecule has 0 saturated heterocycles. The highest BCUT2D eigenvalue weighted by atomic mass is 16.5. The molecule has 2 unspecified atom stereocenters. The Hall–Kier alpha value is -3.08. The molecule has 1 aromatic heterocycles. The Morgan fingerprint density at radius 3 is 2.73 bits per heavy atom. The summed E-state index contributed by atoms with van der Waals surface area (Å²) in [6.45, 7) is 11.1. The summed E-state index contributed by atoms with van der Waals surface area (Å²) in [6, 6.07) is 8.10. The molecular formula is C25H27NO4. The summed E-state index contributed by atoms with van der Waals surface area (Å²) in [4.78, 5) is 15.4. The molecule has 1 N–H and O–H groups in total. The van der Waals surface area contributed by atoms with Crippen molar-refractivity contribution in [3.05, 3.63) is 70.4 Å². The third-order valence-electron chi connectivity index (χ3n) is 6.20. The lowest BCUT2D eigenvalue weighted by atomic mass is 9.90. The fraction of sp³-hybridized carbons (Fsp3) is 0.360. The molecule has 2 atom stereocenters. The number of fused-ring (bicyclic) bond motifs is 1. The molecule has 0 saturated carbocycles. The molecule has 30 heavy (non-hydrogen) atoms. The molecule has 5 nitrogen and oxygen atoms in total. The van der Waals surface area contributed by atoms with Crippen molar-refractivity contribution in [3.63, 3.8) is 0 Å². The summed E-state index contributed by atoms with van der Waals surface area (Å²) in [5.41, 5.74) is 8.06. The van der Waals surface area contributed by atoms with Gasteiger partial charge in [0.05, 0.1) is 13.0 Å². The lowest BCUT2D eigenvalue weighted by molar-refractivity contribution is -0.137. The number of aryl methyl sites for hydroxylation is 2. The lowest BCUT2D eigenvalue weighted by Gasteiger charge is -2.17. The van der Waals surface area contributed by atoms with Crippen LogP contribution < -0.4 is 9.47 Å². The van der Waals surface area contributed by atoms with Crippen LogP contribution in [0.5, 0.6) is 11.6 Å². The summed E-state index contributed by atoms with van der Waals surface area (Å²) in [5, 5.41) is 9.05. The predicted molar refractivity (Wildman–Crippen MR) is 116 cm³/mol. The van der Waals surface area contributed by atoms with Gasteiger partial charge in [-0.2, -0.15) is 0 Å². The second-order valence-electron chi connectivity index (χ2n) is 8.22. The Balaban J connectivity index is 1.52. The average molecular weight is 405 g/mol. The zero-order valence-corrected chi connectivity index (χ0v) is 17.7. The minimum absolute atomic E-state index is 0.0448. The first-order valence-electron chi connectivity index (χ1n) is 10.3. The SMILES string of the molecule is C=C(C1=C(C)C(Oc2cc3c(cn2)C(CC(=O)O)CO3)CC1)c1c(C)cccc1C. The Kier molecular flexibility index (Phi) is 5.37. The number of carboxylic acids is 1. The highest BCUT2D eigenvalue weighted by Crippen LogP contribution is 2.41. The number of benzene rings is 1. The van der Waals surface area contributed by atoms with Gasteiger partial charge in [0.1, 0.15) is 11.9 Å². The molecule has 5 heteroatoms. The molecule has 0 amide bonds. The van der Waals surface area contributed by atoms with E-state index in [1.54, 1.807) is 12.3 Å². The zero-order chi connectivity index (χ0) is 21.4. The highest BCUT2D eigenvalue weighted by Gasteiger charge is 2.30. The van der Waals surface area contributed by atoms with Gasteiger partial charge in [0.15, 0.2) is 0 Å². The number of allylic oxidation sites excluding steroid dienone is 2. The van der Waals surface area contributed by atoms with E-state index in [1.165, 1.54) is 27.8 Å². The fourth-order valence-electron chi connectivity index (χ4n) is 4.59. The van der Waals surface area contributed by atoms with Gasteiger partial charge >= 0.3 is 5.97 Å². The number of hydrogen-bond acceptors (Lipinski definition) is 4. The van der Waals surface area contributed by atoms with Crippen molar-refractivity contribution in [2.75, 3.05) is 6.61 Å². The van der Waals surface area contributed by atoms with Crippen LogP contribution in [-0.4, -0.2) is 28.8 Å². The number of aliphatic carboxylic acids is 1. The number of ether oxygens (including phenoxy) is 2. The Morgan fingerprint density at radius 1 is 1.30 bits per heavy atom. The summed E-state index contributed by atoms with van der Waals surface area (Å²) in [7, 11) is 0. The van der Waals surface area contributed by atoms with Crippen LogP contribution in [0.15, 0.2) is 48.2 Å².